The van der Waals surface area contributed by atoms with E-state index in [2.05, 4.69) is 35.3 Å². The number of benzene rings is 1. The van der Waals surface area contributed by atoms with Crippen LogP contribution in [-0.4, -0.2) is 61.7 Å². The van der Waals surface area contributed by atoms with Gasteiger partial charge < -0.3 is 15.1 Å². The maximum absolute atomic E-state index is 11.9. The average Bonchev–Trinajstić information content (AvgIpc) is 2.81. The first-order valence-electron chi connectivity index (χ1n) is 8.89. The highest BCUT2D eigenvalue weighted by Crippen LogP contribution is 2.18. The molecule has 5 heteroatoms. The zero-order chi connectivity index (χ0) is 18.4. The number of anilines is 1. The van der Waals surface area contributed by atoms with E-state index in [-0.39, 0.29) is 5.91 Å². The van der Waals surface area contributed by atoms with Crippen LogP contribution in [0.15, 0.2) is 41.0 Å². The molecule has 0 radical (unpaired) electrons. The Morgan fingerprint density at radius 1 is 1.20 bits per heavy atom. The van der Waals surface area contributed by atoms with E-state index in [0.717, 1.165) is 31.6 Å². The summed E-state index contributed by atoms with van der Waals surface area (Å²) < 4.78 is 0. The molecule has 0 spiro atoms. The van der Waals surface area contributed by atoms with Crippen LogP contribution >= 0.6 is 0 Å². The van der Waals surface area contributed by atoms with E-state index in [4.69, 9.17) is 0 Å². The van der Waals surface area contributed by atoms with Gasteiger partial charge in [0.15, 0.2) is 0 Å². The second kappa shape index (κ2) is 8.81. The molecule has 25 heavy (non-hydrogen) atoms. The second-order valence-electron chi connectivity index (χ2n) is 6.89. The number of hydrogen-bond donors (Lipinski definition) is 1. The van der Waals surface area contributed by atoms with Gasteiger partial charge in [0.1, 0.15) is 0 Å². The summed E-state index contributed by atoms with van der Waals surface area (Å²) in [5, 5.41) is 3.36. The Morgan fingerprint density at radius 2 is 1.84 bits per heavy atom. The van der Waals surface area contributed by atoms with Gasteiger partial charge in [0.2, 0.25) is 0 Å². The molecule has 1 saturated heterocycles. The fourth-order valence-electron chi connectivity index (χ4n) is 3.00. The highest BCUT2D eigenvalue weighted by molar-refractivity contribution is 6.00. The molecule has 1 fully saturated rings. The molecule has 5 nitrogen and oxygen atoms in total. The van der Waals surface area contributed by atoms with Crippen LogP contribution in [0.3, 0.4) is 0 Å². The summed E-state index contributed by atoms with van der Waals surface area (Å²) in [6.07, 6.45) is 4.04. The third-order valence-corrected chi connectivity index (χ3v) is 4.63. The van der Waals surface area contributed by atoms with Crippen molar-refractivity contribution in [2.75, 3.05) is 39.5 Å². The minimum atomic E-state index is 0.0165. The minimum absolute atomic E-state index is 0.0165. The number of hydrogen-bond acceptors (Lipinski definition) is 4. The molecule has 0 bridgehead atoms. The van der Waals surface area contributed by atoms with Crippen molar-refractivity contribution in [2.45, 2.75) is 32.7 Å². The number of rotatable bonds is 4. The summed E-state index contributed by atoms with van der Waals surface area (Å²) in [6.45, 7) is 6.60. The van der Waals surface area contributed by atoms with Gasteiger partial charge >= 0.3 is 0 Å². The molecule has 1 N–H and O–H groups in total. The van der Waals surface area contributed by atoms with Crippen molar-refractivity contribution in [3.63, 3.8) is 0 Å². The van der Waals surface area contributed by atoms with Crippen molar-refractivity contribution in [1.82, 2.24) is 9.80 Å². The zero-order valence-electron chi connectivity index (χ0n) is 16.0. The quantitative estimate of drug-likeness (QED) is 0.914. The predicted octanol–water partition coefficient (Wildman–Crippen LogP) is 3.26. The summed E-state index contributed by atoms with van der Waals surface area (Å²) in [7, 11) is 5.39. The van der Waals surface area contributed by atoms with Gasteiger partial charge in [-0.25, -0.2) is 0 Å². The lowest BCUT2D eigenvalue weighted by Crippen LogP contribution is -2.31. The van der Waals surface area contributed by atoms with Gasteiger partial charge in [-0.3, -0.25) is 9.79 Å². The van der Waals surface area contributed by atoms with Crippen LogP contribution in [0.5, 0.6) is 0 Å². The summed E-state index contributed by atoms with van der Waals surface area (Å²) >= 11 is 0. The van der Waals surface area contributed by atoms with Gasteiger partial charge in [-0.15, -0.1) is 0 Å². The lowest BCUT2D eigenvalue weighted by molar-refractivity contribution is 0.0827. The maximum Gasteiger partial charge on any atom is 0.253 e. The third-order valence-electron chi connectivity index (χ3n) is 4.63. The van der Waals surface area contributed by atoms with Crippen LogP contribution < -0.4 is 5.32 Å². The number of nitrogens with zero attached hydrogens (tertiary/aromatic N) is 3. The molecule has 1 aromatic carbocycles. The number of carbonyl (C=O) groups excluding carboxylic acids is 1. The van der Waals surface area contributed by atoms with E-state index in [0.29, 0.717) is 11.6 Å². The molecular weight excluding hydrogens is 312 g/mol. The Balaban J connectivity index is 2.07. The van der Waals surface area contributed by atoms with Crippen LogP contribution in [0.25, 0.3) is 0 Å². The number of carbonyl (C=O) groups is 1. The first-order valence-corrected chi connectivity index (χ1v) is 8.89. The van der Waals surface area contributed by atoms with Crippen molar-refractivity contribution in [2.24, 2.45) is 4.99 Å². The summed E-state index contributed by atoms with van der Waals surface area (Å²) in [5.74, 6) is 0.0165. The van der Waals surface area contributed by atoms with E-state index >= 15 is 0 Å². The van der Waals surface area contributed by atoms with Gasteiger partial charge in [-0.2, -0.15) is 0 Å². The first-order chi connectivity index (χ1) is 11.9. The van der Waals surface area contributed by atoms with E-state index < -0.39 is 0 Å². The van der Waals surface area contributed by atoms with Crippen LogP contribution in [0.4, 0.5) is 5.69 Å². The van der Waals surface area contributed by atoms with Crippen LogP contribution in [0.1, 0.15) is 37.0 Å². The molecule has 1 aliphatic heterocycles. The lowest BCUT2D eigenvalue weighted by Gasteiger charge is -2.23. The molecule has 2 rings (SSSR count). The molecule has 0 unspecified atom stereocenters. The smallest absolute Gasteiger partial charge is 0.253 e. The predicted molar refractivity (Wildman–Crippen MR) is 105 cm³/mol. The highest BCUT2D eigenvalue weighted by atomic mass is 16.2. The van der Waals surface area contributed by atoms with E-state index in [9.17, 15) is 4.79 Å². The Bertz CT molecular complexity index is 644. The van der Waals surface area contributed by atoms with E-state index in [1.165, 1.54) is 11.3 Å². The molecule has 0 aromatic heterocycles. The second-order valence-corrected chi connectivity index (χ2v) is 6.89. The molecule has 0 aliphatic carbocycles. The molecule has 0 saturated carbocycles. The maximum atomic E-state index is 11.9. The topological polar surface area (TPSA) is 47.9 Å². The Hall–Kier alpha value is -2.14. The van der Waals surface area contributed by atoms with Crippen molar-refractivity contribution >= 4 is 17.3 Å². The highest BCUT2D eigenvalue weighted by Gasteiger charge is 2.18. The Labute approximate surface area is 151 Å². The summed E-state index contributed by atoms with van der Waals surface area (Å²) in [6, 6.07) is 8.14. The fraction of sp³-hybridized carbons (Fsp3) is 0.500. The SMILES string of the molecule is C/N=C1/CCN(C(C)C)CC/C1=C/Nc1ccc(C(=O)N(C)C)cc1. The summed E-state index contributed by atoms with van der Waals surface area (Å²) in [5.41, 5.74) is 4.11. The van der Waals surface area contributed by atoms with Crippen molar-refractivity contribution in [3.8, 4) is 0 Å². The number of likely N-dealkylation sites (tertiary alicyclic amines) is 1. The van der Waals surface area contributed by atoms with E-state index in [1.54, 1.807) is 19.0 Å². The third kappa shape index (κ3) is 5.16. The molecule has 1 heterocycles. The largest absolute Gasteiger partial charge is 0.361 e. The fourth-order valence-corrected chi connectivity index (χ4v) is 3.00. The van der Waals surface area contributed by atoms with Crippen LogP contribution in [-0.2, 0) is 0 Å². The monoisotopic (exact) mass is 342 g/mol. The van der Waals surface area contributed by atoms with E-state index in [1.807, 2.05) is 31.3 Å². The molecule has 1 amide bonds. The number of aliphatic imine (C=N–C) groups is 1. The molecule has 0 atom stereocenters. The average molecular weight is 342 g/mol. The Morgan fingerprint density at radius 3 is 2.40 bits per heavy atom. The molecule has 1 aliphatic rings. The number of nitrogens with one attached hydrogen (secondary N) is 1. The molecular formula is C20H30N4O. The van der Waals surface area contributed by atoms with Crippen molar-refractivity contribution in [3.05, 3.63) is 41.6 Å². The molecule has 136 valence electrons. The Kier molecular flexibility index (Phi) is 6.76. The summed E-state index contributed by atoms with van der Waals surface area (Å²) in [4.78, 5) is 20.5. The lowest BCUT2D eigenvalue weighted by atomic mass is 10.1. The number of amides is 1. The van der Waals surface area contributed by atoms with Crippen molar-refractivity contribution < 1.29 is 4.79 Å². The minimum Gasteiger partial charge on any atom is -0.361 e. The van der Waals surface area contributed by atoms with Crippen LogP contribution in [0.2, 0.25) is 0 Å². The van der Waals surface area contributed by atoms with Gasteiger partial charge in [-0.1, -0.05) is 0 Å². The van der Waals surface area contributed by atoms with Gasteiger partial charge in [0, 0.05) is 69.9 Å². The first kappa shape index (κ1) is 19.2. The van der Waals surface area contributed by atoms with Crippen molar-refractivity contribution in [1.29, 1.82) is 0 Å². The van der Waals surface area contributed by atoms with Crippen LogP contribution in [0, 0.1) is 0 Å². The standard InChI is InChI=1S/C20H30N4O/c1-15(2)24-12-10-17(19(21-3)11-13-24)14-22-18-8-6-16(7-9-18)20(25)23(4)5/h6-9,14-15,22H,10-13H2,1-5H3/b17-14-,21-19-. The normalized spacial score (nSPS) is 19.3. The van der Waals surface area contributed by atoms with Gasteiger partial charge in [-0.05, 0) is 50.1 Å². The van der Waals surface area contributed by atoms with Gasteiger partial charge in [0.05, 0.1) is 0 Å². The molecule has 1 aromatic rings. The van der Waals surface area contributed by atoms with Gasteiger partial charge in [0.25, 0.3) is 5.91 Å². The zero-order valence-corrected chi connectivity index (χ0v) is 16.0.